The molecule has 0 bridgehead atoms. The summed E-state index contributed by atoms with van der Waals surface area (Å²) in [5.41, 5.74) is 2.37. The minimum atomic E-state index is -0.885. The molecule has 0 aliphatic heterocycles. The lowest BCUT2D eigenvalue weighted by molar-refractivity contribution is 0.0725. The molecule has 2 aromatic rings. The second-order valence-corrected chi connectivity index (χ2v) is 6.40. The molecule has 1 unspecified atom stereocenters. The number of benzene rings is 1. The summed E-state index contributed by atoms with van der Waals surface area (Å²) < 4.78 is 0.989. The molecule has 1 amide bonds. The van der Waals surface area contributed by atoms with Gasteiger partial charge in [0.25, 0.3) is 5.91 Å². The second-order valence-electron chi connectivity index (χ2n) is 4.65. The van der Waals surface area contributed by atoms with Crippen molar-refractivity contribution in [2.24, 2.45) is 0 Å². The van der Waals surface area contributed by atoms with Crippen LogP contribution in [0.5, 0.6) is 0 Å². The van der Waals surface area contributed by atoms with E-state index in [9.17, 15) is 9.90 Å². The van der Waals surface area contributed by atoms with Gasteiger partial charge in [-0.15, -0.1) is 11.3 Å². The van der Waals surface area contributed by atoms with Crippen molar-refractivity contribution < 1.29 is 9.90 Å². The summed E-state index contributed by atoms with van der Waals surface area (Å²) in [6, 6.07) is 5.41. The Morgan fingerprint density at radius 3 is 3.11 bits per heavy atom. The summed E-state index contributed by atoms with van der Waals surface area (Å²) in [5, 5.41) is 12.8. The molecular formula is C13H16N2O2S2. The van der Waals surface area contributed by atoms with E-state index in [4.69, 9.17) is 0 Å². The van der Waals surface area contributed by atoms with E-state index in [1.165, 1.54) is 11.3 Å². The Labute approximate surface area is 120 Å². The largest absolute Gasteiger partial charge is 0.387 e. The van der Waals surface area contributed by atoms with Crippen LogP contribution in [0.2, 0.25) is 0 Å². The van der Waals surface area contributed by atoms with Crippen molar-refractivity contribution in [3.63, 3.8) is 0 Å². The molecule has 1 atom stereocenters. The molecule has 1 aromatic heterocycles. The van der Waals surface area contributed by atoms with Crippen molar-refractivity contribution in [2.75, 3.05) is 18.6 Å². The Morgan fingerprint density at radius 1 is 1.58 bits per heavy atom. The van der Waals surface area contributed by atoms with E-state index in [-0.39, 0.29) is 12.5 Å². The van der Waals surface area contributed by atoms with E-state index >= 15 is 0 Å². The van der Waals surface area contributed by atoms with E-state index in [0.29, 0.717) is 11.3 Å². The zero-order valence-corrected chi connectivity index (χ0v) is 12.5. The highest BCUT2D eigenvalue weighted by atomic mass is 32.2. The van der Waals surface area contributed by atoms with Gasteiger partial charge in [-0.25, -0.2) is 4.98 Å². The van der Waals surface area contributed by atoms with Gasteiger partial charge in [-0.05, 0) is 31.4 Å². The predicted molar refractivity (Wildman–Crippen MR) is 81.0 cm³/mol. The van der Waals surface area contributed by atoms with Crippen LogP contribution in [0.25, 0.3) is 10.2 Å². The fourth-order valence-electron chi connectivity index (χ4n) is 1.73. The highest BCUT2D eigenvalue weighted by Crippen LogP contribution is 2.19. The number of aliphatic hydroxyl groups is 1. The lowest BCUT2D eigenvalue weighted by atomic mass is 10.1. The Hall–Kier alpha value is -1.11. The minimum Gasteiger partial charge on any atom is -0.387 e. The SMILES string of the molecule is CSCC(C)(O)CNC(=O)c1ccc2ncsc2c1. The molecule has 0 aliphatic carbocycles. The van der Waals surface area contributed by atoms with Gasteiger partial charge in [0.2, 0.25) is 0 Å². The first-order valence-corrected chi connectivity index (χ1v) is 8.12. The molecule has 0 saturated carbocycles. The number of rotatable bonds is 5. The summed E-state index contributed by atoms with van der Waals surface area (Å²) >= 11 is 3.06. The van der Waals surface area contributed by atoms with Gasteiger partial charge in [-0.3, -0.25) is 4.79 Å². The van der Waals surface area contributed by atoms with E-state index in [2.05, 4.69) is 10.3 Å². The lowest BCUT2D eigenvalue weighted by Crippen LogP contribution is -2.42. The maximum absolute atomic E-state index is 12.0. The molecular weight excluding hydrogens is 280 g/mol. The van der Waals surface area contributed by atoms with Gasteiger partial charge in [0.15, 0.2) is 0 Å². The summed E-state index contributed by atoms with van der Waals surface area (Å²) in [7, 11) is 0. The van der Waals surface area contributed by atoms with Crippen LogP contribution in [-0.2, 0) is 0 Å². The summed E-state index contributed by atoms with van der Waals surface area (Å²) in [4.78, 5) is 16.2. The summed E-state index contributed by atoms with van der Waals surface area (Å²) in [6.07, 6.45) is 1.92. The van der Waals surface area contributed by atoms with Crippen molar-refractivity contribution >= 4 is 39.2 Å². The third-order valence-electron chi connectivity index (χ3n) is 2.68. The van der Waals surface area contributed by atoms with Crippen molar-refractivity contribution in [1.82, 2.24) is 10.3 Å². The van der Waals surface area contributed by atoms with Crippen molar-refractivity contribution in [1.29, 1.82) is 0 Å². The molecule has 2 N–H and O–H groups in total. The smallest absolute Gasteiger partial charge is 0.251 e. The van der Waals surface area contributed by atoms with E-state index in [1.807, 2.05) is 18.4 Å². The number of thioether (sulfide) groups is 1. The molecule has 4 nitrogen and oxygen atoms in total. The van der Waals surface area contributed by atoms with Crippen molar-refractivity contribution in [3.05, 3.63) is 29.3 Å². The molecule has 1 heterocycles. The number of nitrogens with zero attached hydrogens (tertiary/aromatic N) is 1. The van der Waals surface area contributed by atoms with Gasteiger partial charge in [-0.2, -0.15) is 11.8 Å². The van der Waals surface area contributed by atoms with E-state index < -0.39 is 5.60 Å². The Balaban J connectivity index is 2.03. The number of thiazole rings is 1. The number of aromatic nitrogens is 1. The van der Waals surface area contributed by atoms with Gasteiger partial charge in [0.1, 0.15) is 0 Å². The average molecular weight is 296 g/mol. The minimum absolute atomic E-state index is 0.170. The number of carbonyl (C=O) groups excluding carboxylic acids is 1. The number of fused-ring (bicyclic) bond motifs is 1. The Kier molecular flexibility index (Phi) is 4.44. The number of carbonyl (C=O) groups is 1. The monoisotopic (exact) mass is 296 g/mol. The van der Waals surface area contributed by atoms with Crippen LogP contribution in [0.15, 0.2) is 23.7 Å². The zero-order chi connectivity index (χ0) is 13.9. The van der Waals surface area contributed by atoms with Crippen LogP contribution in [0.3, 0.4) is 0 Å². The topological polar surface area (TPSA) is 62.2 Å². The quantitative estimate of drug-likeness (QED) is 0.887. The van der Waals surface area contributed by atoms with Crippen LogP contribution in [0.1, 0.15) is 17.3 Å². The Bertz CT molecular complexity index is 581. The highest BCUT2D eigenvalue weighted by molar-refractivity contribution is 7.98. The van der Waals surface area contributed by atoms with E-state index in [1.54, 1.807) is 30.3 Å². The molecule has 0 aliphatic rings. The first-order chi connectivity index (χ1) is 9.02. The van der Waals surface area contributed by atoms with Crippen LogP contribution < -0.4 is 5.32 Å². The van der Waals surface area contributed by atoms with Crippen LogP contribution in [0.4, 0.5) is 0 Å². The first kappa shape index (κ1) is 14.3. The zero-order valence-electron chi connectivity index (χ0n) is 10.8. The molecule has 0 radical (unpaired) electrons. The predicted octanol–water partition coefficient (Wildman–Crippen LogP) is 2.14. The first-order valence-electron chi connectivity index (χ1n) is 5.84. The van der Waals surface area contributed by atoms with Gasteiger partial charge < -0.3 is 10.4 Å². The number of amides is 1. The third kappa shape index (κ3) is 3.68. The molecule has 0 fully saturated rings. The highest BCUT2D eigenvalue weighted by Gasteiger charge is 2.20. The third-order valence-corrected chi connectivity index (χ3v) is 4.38. The number of nitrogens with one attached hydrogen (secondary N) is 1. The van der Waals surface area contributed by atoms with Crippen LogP contribution in [0, 0.1) is 0 Å². The molecule has 1 aromatic carbocycles. The van der Waals surface area contributed by atoms with Crippen LogP contribution in [-0.4, -0.2) is 40.2 Å². The standard InChI is InChI=1S/C13H16N2O2S2/c1-13(17,7-18-2)6-14-12(16)9-3-4-10-11(5-9)19-8-15-10/h3-5,8,17H,6-7H2,1-2H3,(H,14,16). The molecule has 6 heteroatoms. The number of hydrogen-bond acceptors (Lipinski definition) is 5. The van der Waals surface area contributed by atoms with Crippen LogP contribution >= 0.6 is 23.1 Å². The molecule has 102 valence electrons. The van der Waals surface area contributed by atoms with Gasteiger partial charge in [-0.1, -0.05) is 0 Å². The van der Waals surface area contributed by atoms with E-state index in [0.717, 1.165) is 10.2 Å². The van der Waals surface area contributed by atoms with Crippen molar-refractivity contribution in [3.8, 4) is 0 Å². The molecule has 0 spiro atoms. The van der Waals surface area contributed by atoms with Gasteiger partial charge in [0.05, 0.1) is 21.3 Å². The summed E-state index contributed by atoms with van der Waals surface area (Å²) in [6.45, 7) is 1.96. The summed E-state index contributed by atoms with van der Waals surface area (Å²) in [5.74, 6) is 0.415. The molecule has 0 saturated heterocycles. The van der Waals surface area contributed by atoms with Gasteiger partial charge in [0, 0.05) is 17.9 Å². The average Bonchev–Trinajstić information content (AvgIpc) is 2.83. The molecule has 19 heavy (non-hydrogen) atoms. The molecule has 2 rings (SSSR count). The Morgan fingerprint density at radius 2 is 2.37 bits per heavy atom. The maximum Gasteiger partial charge on any atom is 0.251 e. The maximum atomic E-state index is 12.0. The van der Waals surface area contributed by atoms with Gasteiger partial charge >= 0.3 is 0 Å². The lowest BCUT2D eigenvalue weighted by Gasteiger charge is -2.22. The number of hydrogen-bond donors (Lipinski definition) is 2. The fourth-order valence-corrected chi connectivity index (χ4v) is 3.17. The normalized spacial score (nSPS) is 14.3. The second kappa shape index (κ2) is 5.90. The fraction of sp³-hybridized carbons (Fsp3) is 0.385. The van der Waals surface area contributed by atoms with Crippen molar-refractivity contribution in [2.45, 2.75) is 12.5 Å².